The maximum atomic E-state index is 12.7. The van der Waals surface area contributed by atoms with E-state index in [4.69, 9.17) is 0 Å². The third-order valence-electron chi connectivity index (χ3n) is 4.50. The molecule has 1 aliphatic rings. The Morgan fingerprint density at radius 1 is 1.24 bits per heavy atom. The van der Waals surface area contributed by atoms with Crippen molar-refractivity contribution >= 4 is 5.78 Å². The first kappa shape index (κ1) is 14.1. The average molecular weight is 282 g/mol. The summed E-state index contributed by atoms with van der Waals surface area (Å²) in [7, 11) is 0. The van der Waals surface area contributed by atoms with Gasteiger partial charge in [0.25, 0.3) is 0 Å². The van der Waals surface area contributed by atoms with E-state index in [0.717, 1.165) is 24.8 Å². The second kappa shape index (κ2) is 5.84. The fraction of sp³-hybridized carbons (Fsp3) is 0.444. The summed E-state index contributed by atoms with van der Waals surface area (Å²) in [6.07, 6.45) is 7.35. The fourth-order valence-electron chi connectivity index (χ4n) is 3.10. The van der Waals surface area contributed by atoms with Crippen LogP contribution >= 0.6 is 0 Å². The number of rotatable bonds is 4. The molecule has 1 heterocycles. The Morgan fingerprint density at radius 3 is 2.67 bits per heavy atom. The summed E-state index contributed by atoms with van der Waals surface area (Å²) in [4.78, 5) is 17.2. The fourth-order valence-corrected chi connectivity index (χ4v) is 3.10. The summed E-state index contributed by atoms with van der Waals surface area (Å²) >= 11 is 0. The van der Waals surface area contributed by atoms with E-state index < -0.39 is 0 Å². The van der Waals surface area contributed by atoms with Crippen LogP contribution in [0.25, 0.3) is 0 Å². The maximum absolute atomic E-state index is 12.7. The number of imidazole rings is 1. The Kier molecular flexibility index (Phi) is 3.91. The minimum atomic E-state index is -0.174. The molecule has 0 radical (unpaired) electrons. The zero-order valence-electron chi connectivity index (χ0n) is 12.8. The SMILES string of the molecule is CCc1ccc(C(=O)C(C)n2cnc3c2CCCC3)cc1. The van der Waals surface area contributed by atoms with E-state index in [9.17, 15) is 4.79 Å². The van der Waals surface area contributed by atoms with Crippen LogP contribution in [-0.4, -0.2) is 15.3 Å². The lowest BCUT2D eigenvalue weighted by Gasteiger charge is -2.19. The van der Waals surface area contributed by atoms with E-state index >= 15 is 0 Å². The van der Waals surface area contributed by atoms with Gasteiger partial charge >= 0.3 is 0 Å². The number of hydrogen-bond acceptors (Lipinski definition) is 2. The van der Waals surface area contributed by atoms with Crippen molar-refractivity contribution in [2.45, 2.75) is 52.0 Å². The van der Waals surface area contributed by atoms with Crippen LogP contribution in [0, 0.1) is 0 Å². The van der Waals surface area contributed by atoms with E-state index in [1.165, 1.54) is 29.8 Å². The van der Waals surface area contributed by atoms with Gasteiger partial charge in [0.15, 0.2) is 5.78 Å². The van der Waals surface area contributed by atoms with Gasteiger partial charge in [0.2, 0.25) is 0 Å². The van der Waals surface area contributed by atoms with Gasteiger partial charge in [-0.2, -0.15) is 0 Å². The number of ketones is 1. The minimum Gasteiger partial charge on any atom is -0.324 e. The maximum Gasteiger partial charge on any atom is 0.185 e. The predicted octanol–water partition coefficient (Wildman–Crippen LogP) is 3.77. The first-order valence-electron chi connectivity index (χ1n) is 7.88. The summed E-state index contributed by atoms with van der Waals surface area (Å²) < 4.78 is 2.07. The van der Waals surface area contributed by atoms with Gasteiger partial charge in [-0.15, -0.1) is 0 Å². The Labute approximate surface area is 126 Å². The van der Waals surface area contributed by atoms with Crippen molar-refractivity contribution in [2.24, 2.45) is 0 Å². The molecular weight excluding hydrogens is 260 g/mol. The molecule has 0 saturated carbocycles. The molecule has 1 atom stereocenters. The van der Waals surface area contributed by atoms with Gasteiger partial charge in [-0.25, -0.2) is 4.98 Å². The highest BCUT2D eigenvalue weighted by Crippen LogP contribution is 2.24. The molecule has 21 heavy (non-hydrogen) atoms. The van der Waals surface area contributed by atoms with Crippen LogP contribution in [0.3, 0.4) is 0 Å². The number of benzene rings is 1. The van der Waals surface area contributed by atoms with Crippen molar-refractivity contribution in [3.63, 3.8) is 0 Å². The largest absolute Gasteiger partial charge is 0.324 e. The molecule has 1 aliphatic carbocycles. The molecule has 1 aromatic heterocycles. The van der Waals surface area contributed by atoms with Crippen molar-refractivity contribution in [1.82, 2.24) is 9.55 Å². The Bertz CT molecular complexity index is 640. The zero-order chi connectivity index (χ0) is 14.8. The molecule has 3 rings (SSSR count). The lowest BCUT2D eigenvalue weighted by molar-refractivity contribution is 0.0933. The molecule has 1 unspecified atom stereocenters. The molecule has 3 nitrogen and oxygen atoms in total. The van der Waals surface area contributed by atoms with Crippen LogP contribution in [0.4, 0.5) is 0 Å². The Hall–Kier alpha value is -1.90. The summed E-state index contributed by atoms with van der Waals surface area (Å²) in [6.45, 7) is 4.10. The normalized spacial score (nSPS) is 15.5. The lowest BCUT2D eigenvalue weighted by Crippen LogP contribution is -2.19. The van der Waals surface area contributed by atoms with Crippen molar-refractivity contribution in [3.8, 4) is 0 Å². The third kappa shape index (κ3) is 2.65. The van der Waals surface area contributed by atoms with Crippen LogP contribution in [0.15, 0.2) is 30.6 Å². The Morgan fingerprint density at radius 2 is 1.95 bits per heavy atom. The summed E-state index contributed by atoms with van der Waals surface area (Å²) in [5.74, 6) is 0.170. The summed E-state index contributed by atoms with van der Waals surface area (Å²) in [6, 6.07) is 7.81. The van der Waals surface area contributed by atoms with E-state index in [2.05, 4.69) is 16.5 Å². The number of aromatic nitrogens is 2. The highest BCUT2D eigenvalue weighted by atomic mass is 16.1. The number of aryl methyl sites for hydroxylation is 2. The van der Waals surface area contributed by atoms with Crippen LogP contribution < -0.4 is 0 Å². The van der Waals surface area contributed by atoms with Gasteiger partial charge < -0.3 is 4.57 Å². The van der Waals surface area contributed by atoms with Crippen molar-refractivity contribution in [1.29, 1.82) is 0 Å². The summed E-state index contributed by atoms with van der Waals surface area (Å²) in [5.41, 5.74) is 4.49. The number of carbonyl (C=O) groups excluding carboxylic acids is 1. The molecule has 110 valence electrons. The lowest BCUT2D eigenvalue weighted by atomic mass is 9.99. The molecule has 0 aliphatic heterocycles. The van der Waals surface area contributed by atoms with Gasteiger partial charge in [0.05, 0.1) is 18.1 Å². The van der Waals surface area contributed by atoms with Crippen LogP contribution in [0.1, 0.15) is 60.0 Å². The van der Waals surface area contributed by atoms with Crippen molar-refractivity contribution in [3.05, 3.63) is 53.1 Å². The van der Waals surface area contributed by atoms with Crippen LogP contribution in [0.2, 0.25) is 0 Å². The van der Waals surface area contributed by atoms with Crippen LogP contribution in [-0.2, 0) is 19.3 Å². The molecular formula is C18H22N2O. The quantitative estimate of drug-likeness (QED) is 0.800. The number of nitrogens with zero attached hydrogens (tertiary/aromatic N) is 2. The minimum absolute atomic E-state index is 0.170. The number of hydrogen-bond donors (Lipinski definition) is 0. The molecule has 0 amide bonds. The van der Waals surface area contributed by atoms with Gasteiger partial charge in [-0.05, 0) is 44.6 Å². The molecule has 0 fully saturated rings. The van der Waals surface area contributed by atoms with E-state index in [-0.39, 0.29) is 11.8 Å². The highest BCUT2D eigenvalue weighted by molar-refractivity contribution is 5.98. The summed E-state index contributed by atoms with van der Waals surface area (Å²) in [5, 5.41) is 0. The van der Waals surface area contributed by atoms with Gasteiger partial charge in [0, 0.05) is 11.3 Å². The van der Waals surface area contributed by atoms with Gasteiger partial charge in [0.1, 0.15) is 0 Å². The standard InChI is InChI=1S/C18H22N2O/c1-3-14-8-10-15(11-9-14)18(21)13(2)20-12-19-16-6-4-5-7-17(16)20/h8-13H,3-7H2,1-2H3. The number of Topliss-reactive ketones (excluding diaryl/α,β-unsaturated/α-hetero) is 1. The molecule has 0 N–H and O–H groups in total. The van der Waals surface area contributed by atoms with Gasteiger partial charge in [-0.1, -0.05) is 31.2 Å². The monoisotopic (exact) mass is 282 g/mol. The smallest absolute Gasteiger partial charge is 0.185 e. The molecule has 1 aromatic carbocycles. The Balaban J connectivity index is 1.85. The predicted molar refractivity (Wildman–Crippen MR) is 83.7 cm³/mol. The van der Waals surface area contributed by atoms with Crippen molar-refractivity contribution in [2.75, 3.05) is 0 Å². The number of carbonyl (C=O) groups is 1. The average Bonchev–Trinajstić information content (AvgIpc) is 2.97. The molecule has 3 heteroatoms. The first-order valence-corrected chi connectivity index (χ1v) is 7.88. The van der Waals surface area contributed by atoms with E-state index in [1.807, 2.05) is 37.5 Å². The van der Waals surface area contributed by atoms with Crippen molar-refractivity contribution < 1.29 is 4.79 Å². The molecule has 0 spiro atoms. The molecule has 2 aromatic rings. The van der Waals surface area contributed by atoms with E-state index in [1.54, 1.807) is 0 Å². The topological polar surface area (TPSA) is 34.9 Å². The second-order valence-electron chi connectivity index (χ2n) is 5.84. The second-order valence-corrected chi connectivity index (χ2v) is 5.84. The van der Waals surface area contributed by atoms with Crippen LogP contribution in [0.5, 0.6) is 0 Å². The first-order chi connectivity index (χ1) is 10.2. The zero-order valence-corrected chi connectivity index (χ0v) is 12.8. The van der Waals surface area contributed by atoms with Gasteiger partial charge in [-0.3, -0.25) is 4.79 Å². The highest BCUT2D eigenvalue weighted by Gasteiger charge is 2.23. The van der Waals surface area contributed by atoms with E-state index in [0.29, 0.717) is 0 Å². The number of fused-ring (bicyclic) bond motifs is 1. The molecule has 0 bridgehead atoms. The molecule has 0 saturated heterocycles. The third-order valence-corrected chi connectivity index (χ3v) is 4.50.